The van der Waals surface area contributed by atoms with Gasteiger partial charge in [-0.05, 0) is 0 Å². The quantitative estimate of drug-likeness (QED) is 0.452. The zero-order valence-electron chi connectivity index (χ0n) is 4.01. The summed E-state index contributed by atoms with van der Waals surface area (Å²) in [7, 11) is 0. The van der Waals surface area contributed by atoms with Crippen LogP contribution in [0.4, 0.5) is 0 Å². The fourth-order valence-corrected chi connectivity index (χ4v) is 0. The van der Waals surface area contributed by atoms with Crippen LogP contribution in [0.1, 0.15) is 0 Å². The van der Waals surface area contributed by atoms with Crippen LogP contribution in [0, 0.1) is 0 Å². The van der Waals surface area contributed by atoms with Crippen molar-refractivity contribution in [3.05, 3.63) is 0 Å². The van der Waals surface area contributed by atoms with E-state index in [1.165, 1.54) is 0 Å². The Morgan fingerprint density at radius 1 is 1.57 bits per heavy atom. The van der Waals surface area contributed by atoms with E-state index in [4.69, 9.17) is 15.0 Å². The number of carboxylic acid groups (broad SMARTS) is 1. The molecule has 0 aromatic rings. The van der Waals surface area contributed by atoms with Gasteiger partial charge in [-0.2, -0.15) is 0 Å². The van der Waals surface area contributed by atoms with Crippen molar-refractivity contribution in [1.82, 2.24) is 0 Å². The van der Waals surface area contributed by atoms with E-state index in [2.05, 4.69) is 0 Å². The molecule has 0 saturated heterocycles. The molecule has 0 aliphatic heterocycles. The topological polar surface area (TPSA) is 57.5 Å². The summed E-state index contributed by atoms with van der Waals surface area (Å²) in [6.45, 7) is -0.778. The molecule has 0 atom stereocenters. The smallest absolute Gasteiger partial charge is 0.329 e. The van der Waals surface area contributed by atoms with E-state index >= 15 is 0 Å². The van der Waals surface area contributed by atoms with Crippen molar-refractivity contribution in [3.63, 3.8) is 0 Å². The third kappa shape index (κ3) is 19.1. The van der Waals surface area contributed by atoms with Crippen molar-refractivity contribution in [2.24, 2.45) is 0 Å². The first-order chi connectivity index (χ1) is 2.27. The molecule has 0 spiro atoms. The fraction of sp³-hybridized carbons (Fsp3) is 0.500. The molecule has 0 bridgehead atoms. The number of aliphatic hydroxyl groups excluding tert-OH is 1. The van der Waals surface area contributed by atoms with E-state index in [1.807, 2.05) is 0 Å². The van der Waals surface area contributed by atoms with E-state index in [1.54, 1.807) is 0 Å². The van der Waals surface area contributed by atoms with Crippen molar-refractivity contribution in [2.75, 3.05) is 6.61 Å². The SMILES string of the molecule is O=C(O)CO.[Na].[Ti]. The van der Waals surface area contributed by atoms with Gasteiger partial charge in [-0.3, -0.25) is 0 Å². The van der Waals surface area contributed by atoms with Gasteiger partial charge < -0.3 is 10.2 Å². The minimum Gasteiger partial charge on any atom is -0.480 e. The Kier molecular flexibility index (Phi) is 22.9. The molecule has 0 aliphatic rings. The number of hydrogen-bond acceptors (Lipinski definition) is 2. The molecule has 5 heteroatoms. The first-order valence-electron chi connectivity index (χ1n) is 1.10. The molecule has 35 valence electrons. The molecule has 0 rings (SSSR count). The van der Waals surface area contributed by atoms with E-state index in [0.29, 0.717) is 0 Å². The standard InChI is InChI=1S/C2H4O3.Na.Ti/c3-1-2(4)5;;/h3H,1H2,(H,4,5);;. The monoisotopic (exact) mass is 147 g/mol. The molecule has 0 aromatic carbocycles. The molecule has 3 nitrogen and oxygen atoms in total. The largest absolute Gasteiger partial charge is 0.480 e. The predicted octanol–water partition coefficient (Wildman–Crippen LogP) is -1.32. The number of rotatable bonds is 1. The molecule has 0 aromatic heterocycles. The maximum absolute atomic E-state index is 9.12. The zero-order chi connectivity index (χ0) is 4.28. The summed E-state index contributed by atoms with van der Waals surface area (Å²) in [6.07, 6.45) is 0. The fourth-order valence-electron chi connectivity index (χ4n) is 0. The van der Waals surface area contributed by atoms with Crippen LogP contribution in [0.2, 0.25) is 0 Å². The summed E-state index contributed by atoms with van der Waals surface area (Å²) in [5.74, 6) is -1.19. The first kappa shape index (κ1) is 15.7. The Morgan fingerprint density at radius 3 is 1.71 bits per heavy atom. The van der Waals surface area contributed by atoms with Gasteiger partial charge in [0.05, 0.1) is 0 Å². The second kappa shape index (κ2) is 10.2. The van der Waals surface area contributed by atoms with Gasteiger partial charge in [0, 0.05) is 51.3 Å². The van der Waals surface area contributed by atoms with Crippen LogP contribution in [0.25, 0.3) is 0 Å². The Morgan fingerprint density at radius 2 is 1.71 bits per heavy atom. The Bertz CT molecular complexity index is 48.2. The molecule has 0 aliphatic carbocycles. The van der Waals surface area contributed by atoms with Gasteiger partial charge in [0.2, 0.25) is 0 Å². The summed E-state index contributed by atoms with van der Waals surface area (Å²) < 4.78 is 0. The van der Waals surface area contributed by atoms with E-state index in [-0.39, 0.29) is 51.3 Å². The van der Waals surface area contributed by atoms with Gasteiger partial charge in [0.25, 0.3) is 0 Å². The van der Waals surface area contributed by atoms with Crippen LogP contribution in [0.3, 0.4) is 0 Å². The van der Waals surface area contributed by atoms with E-state index in [0.717, 1.165) is 0 Å². The minimum atomic E-state index is -1.19. The van der Waals surface area contributed by atoms with Crippen molar-refractivity contribution >= 4 is 35.5 Å². The van der Waals surface area contributed by atoms with E-state index < -0.39 is 12.6 Å². The van der Waals surface area contributed by atoms with Gasteiger partial charge in [0.1, 0.15) is 6.61 Å². The number of aliphatic hydroxyl groups is 1. The summed E-state index contributed by atoms with van der Waals surface area (Å²) in [4.78, 5) is 9.12. The van der Waals surface area contributed by atoms with Crippen molar-refractivity contribution in [2.45, 2.75) is 0 Å². The van der Waals surface area contributed by atoms with Crippen molar-refractivity contribution < 1.29 is 36.7 Å². The third-order valence-electron chi connectivity index (χ3n) is 0.135. The molecule has 0 unspecified atom stereocenters. The van der Waals surface area contributed by atoms with Gasteiger partial charge >= 0.3 is 5.97 Å². The molecule has 0 amide bonds. The Hall–Kier alpha value is 1.14. The van der Waals surface area contributed by atoms with Crippen LogP contribution in [-0.4, -0.2) is 52.3 Å². The number of aliphatic carboxylic acids is 1. The molecule has 0 saturated carbocycles. The van der Waals surface area contributed by atoms with Gasteiger partial charge in [-0.25, -0.2) is 4.79 Å². The molecular weight excluding hydrogens is 143 g/mol. The third-order valence-corrected chi connectivity index (χ3v) is 0.135. The summed E-state index contributed by atoms with van der Waals surface area (Å²) in [5.41, 5.74) is 0. The maximum Gasteiger partial charge on any atom is 0.329 e. The normalized spacial score (nSPS) is 5.29. The second-order valence-corrected chi connectivity index (χ2v) is 0.552. The molecule has 0 fully saturated rings. The zero-order valence-corrected chi connectivity index (χ0v) is 7.57. The average molecular weight is 147 g/mol. The van der Waals surface area contributed by atoms with Crippen LogP contribution >= 0.6 is 0 Å². The van der Waals surface area contributed by atoms with Crippen LogP contribution in [-0.2, 0) is 26.5 Å². The summed E-state index contributed by atoms with van der Waals surface area (Å²) in [5, 5.41) is 15.0. The summed E-state index contributed by atoms with van der Waals surface area (Å²) >= 11 is 0. The molecule has 1 radical (unpaired) electrons. The van der Waals surface area contributed by atoms with Crippen LogP contribution in [0.15, 0.2) is 0 Å². The van der Waals surface area contributed by atoms with Crippen LogP contribution in [0.5, 0.6) is 0 Å². The van der Waals surface area contributed by atoms with Gasteiger partial charge in [0.15, 0.2) is 0 Å². The number of carbonyl (C=O) groups is 1. The Balaban J connectivity index is -0.0000000800. The molecule has 2 N–H and O–H groups in total. The second-order valence-electron chi connectivity index (χ2n) is 0.552. The van der Waals surface area contributed by atoms with Gasteiger partial charge in [-0.1, -0.05) is 0 Å². The van der Waals surface area contributed by atoms with E-state index in [9.17, 15) is 0 Å². The molecule has 0 heterocycles. The first-order valence-corrected chi connectivity index (χ1v) is 1.10. The molecular formula is C2H4NaO3Ti. The van der Waals surface area contributed by atoms with Crippen molar-refractivity contribution in [3.8, 4) is 0 Å². The predicted molar refractivity (Wildman–Crippen MR) is 20.5 cm³/mol. The number of carboxylic acids is 1. The van der Waals surface area contributed by atoms with Crippen molar-refractivity contribution in [1.29, 1.82) is 0 Å². The maximum atomic E-state index is 9.12. The van der Waals surface area contributed by atoms with Crippen LogP contribution < -0.4 is 0 Å². The average Bonchev–Trinajstić information content (AvgIpc) is 1.38. The summed E-state index contributed by atoms with van der Waals surface area (Å²) in [6, 6.07) is 0. The van der Waals surface area contributed by atoms with Gasteiger partial charge in [-0.15, -0.1) is 0 Å². The number of hydrogen-bond donors (Lipinski definition) is 2. The minimum absolute atomic E-state index is 0. The Labute approximate surface area is 78.3 Å². The molecule has 7 heavy (non-hydrogen) atoms.